The Morgan fingerprint density at radius 2 is 2.23 bits per heavy atom. The Bertz CT molecular complexity index is 949. The molecule has 0 aliphatic carbocycles. The van der Waals surface area contributed by atoms with Crippen LogP contribution in [0.4, 0.5) is 5.95 Å². The molecule has 1 unspecified atom stereocenters. The van der Waals surface area contributed by atoms with Crippen molar-refractivity contribution in [2.45, 2.75) is 25.3 Å². The number of rotatable bonds is 8. The summed E-state index contributed by atoms with van der Waals surface area (Å²) in [5.41, 5.74) is 6.57. The minimum Gasteiger partial charge on any atom is -0.480 e. The number of benzene rings is 1. The van der Waals surface area contributed by atoms with Crippen molar-refractivity contribution in [3.63, 3.8) is 0 Å². The maximum absolute atomic E-state index is 12.4. The number of aromatic amines is 1. The lowest BCUT2D eigenvalue weighted by molar-refractivity contribution is -0.138. The van der Waals surface area contributed by atoms with E-state index in [-0.39, 0.29) is 11.8 Å². The van der Waals surface area contributed by atoms with Gasteiger partial charge in [0.05, 0.1) is 5.39 Å². The highest BCUT2D eigenvalue weighted by Gasteiger charge is 2.13. The molecule has 5 N–H and O–H groups in total. The summed E-state index contributed by atoms with van der Waals surface area (Å²) in [6.45, 7) is 0.696. The Kier molecular flexibility index (Phi) is 5.33. The number of nitrogens with one attached hydrogen (secondary N) is 2. The Morgan fingerprint density at radius 1 is 1.38 bits per heavy atom. The molecule has 3 rings (SSSR count). The molecule has 0 aliphatic heterocycles. The van der Waals surface area contributed by atoms with Crippen LogP contribution in [0, 0.1) is 0 Å². The average Bonchev–Trinajstić information content (AvgIpc) is 3.12. The SMILES string of the molecule is NC(Cc1ccc2oc(CCCNc3ncc[nH]3)cc(=O)c2c1)C(=O)O. The number of nitrogens with zero attached hydrogens (tertiary/aromatic N) is 1. The lowest BCUT2D eigenvalue weighted by Crippen LogP contribution is -2.32. The van der Waals surface area contributed by atoms with Gasteiger partial charge in [-0.2, -0.15) is 0 Å². The van der Waals surface area contributed by atoms with E-state index in [9.17, 15) is 9.59 Å². The van der Waals surface area contributed by atoms with Gasteiger partial charge >= 0.3 is 5.97 Å². The first-order chi connectivity index (χ1) is 12.5. The summed E-state index contributed by atoms with van der Waals surface area (Å²) < 4.78 is 5.79. The van der Waals surface area contributed by atoms with Crippen molar-refractivity contribution in [3.05, 3.63) is 58.2 Å². The van der Waals surface area contributed by atoms with Gasteiger partial charge < -0.3 is 25.6 Å². The van der Waals surface area contributed by atoms with Gasteiger partial charge in [-0.3, -0.25) is 9.59 Å². The third kappa shape index (κ3) is 4.28. The van der Waals surface area contributed by atoms with Gasteiger partial charge in [-0.15, -0.1) is 0 Å². The van der Waals surface area contributed by atoms with E-state index < -0.39 is 12.0 Å². The number of fused-ring (bicyclic) bond motifs is 1. The predicted octanol–water partition coefficient (Wildman–Crippen LogP) is 1.52. The maximum atomic E-state index is 12.4. The number of aromatic nitrogens is 2. The molecule has 136 valence electrons. The van der Waals surface area contributed by atoms with Crippen molar-refractivity contribution < 1.29 is 14.3 Å². The van der Waals surface area contributed by atoms with Gasteiger partial charge in [0.1, 0.15) is 17.4 Å². The van der Waals surface area contributed by atoms with E-state index in [1.807, 2.05) is 0 Å². The largest absolute Gasteiger partial charge is 0.480 e. The molecule has 0 amide bonds. The molecular weight excluding hydrogens is 336 g/mol. The fourth-order valence-corrected chi connectivity index (χ4v) is 2.68. The van der Waals surface area contributed by atoms with Crippen molar-refractivity contribution >= 4 is 22.9 Å². The van der Waals surface area contributed by atoms with Gasteiger partial charge in [0.25, 0.3) is 0 Å². The first kappa shape index (κ1) is 17.7. The van der Waals surface area contributed by atoms with Crippen molar-refractivity contribution in [1.29, 1.82) is 0 Å². The van der Waals surface area contributed by atoms with E-state index in [2.05, 4.69) is 15.3 Å². The van der Waals surface area contributed by atoms with Crippen LogP contribution in [0.5, 0.6) is 0 Å². The fourth-order valence-electron chi connectivity index (χ4n) is 2.68. The second-order valence-corrected chi connectivity index (χ2v) is 6.02. The van der Waals surface area contributed by atoms with Gasteiger partial charge in [0, 0.05) is 31.4 Å². The normalized spacial score (nSPS) is 12.2. The Morgan fingerprint density at radius 3 is 2.96 bits per heavy atom. The number of carboxylic acids is 1. The van der Waals surface area contributed by atoms with Crippen molar-refractivity contribution in [1.82, 2.24) is 9.97 Å². The van der Waals surface area contributed by atoms with Crippen LogP contribution < -0.4 is 16.5 Å². The number of aliphatic carboxylic acids is 1. The van der Waals surface area contributed by atoms with Crippen LogP contribution >= 0.6 is 0 Å². The molecule has 0 radical (unpaired) electrons. The molecule has 8 heteroatoms. The number of aryl methyl sites for hydroxylation is 1. The molecule has 0 aliphatic rings. The number of carboxylic acid groups (broad SMARTS) is 1. The van der Waals surface area contributed by atoms with E-state index >= 15 is 0 Å². The van der Waals surface area contributed by atoms with E-state index in [1.54, 1.807) is 30.6 Å². The van der Waals surface area contributed by atoms with Crippen molar-refractivity contribution in [3.8, 4) is 0 Å². The highest BCUT2D eigenvalue weighted by Crippen LogP contribution is 2.16. The summed E-state index contributed by atoms with van der Waals surface area (Å²) in [7, 11) is 0. The van der Waals surface area contributed by atoms with E-state index in [1.165, 1.54) is 6.07 Å². The first-order valence-electron chi connectivity index (χ1n) is 8.30. The van der Waals surface area contributed by atoms with Crippen LogP contribution in [0.15, 0.2) is 45.9 Å². The quantitative estimate of drug-likeness (QED) is 0.449. The Balaban J connectivity index is 1.67. The Hall–Kier alpha value is -3.13. The number of hydrogen-bond donors (Lipinski definition) is 4. The van der Waals surface area contributed by atoms with E-state index in [4.69, 9.17) is 15.3 Å². The molecule has 0 saturated carbocycles. The number of H-pyrrole nitrogens is 1. The molecule has 0 fully saturated rings. The third-order valence-electron chi connectivity index (χ3n) is 4.01. The summed E-state index contributed by atoms with van der Waals surface area (Å²) in [6, 6.07) is 5.55. The number of carbonyl (C=O) groups is 1. The molecule has 0 bridgehead atoms. The number of anilines is 1. The molecular formula is C18H20N4O4. The molecule has 3 aromatic rings. The lowest BCUT2D eigenvalue weighted by Gasteiger charge is -2.08. The summed E-state index contributed by atoms with van der Waals surface area (Å²) in [5.74, 6) is 0.242. The zero-order chi connectivity index (χ0) is 18.5. The lowest BCUT2D eigenvalue weighted by atomic mass is 10.0. The highest BCUT2D eigenvalue weighted by atomic mass is 16.4. The first-order valence-corrected chi connectivity index (χ1v) is 8.30. The summed E-state index contributed by atoms with van der Waals surface area (Å²) in [6.07, 6.45) is 4.96. The van der Waals surface area contributed by atoms with Crippen molar-refractivity contribution in [2.75, 3.05) is 11.9 Å². The van der Waals surface area contributed by atoms with Crippen LogP contribution in [-0.4, -0.2) is 33.6 Å². The smallest absolute Gasteiger partial charge is 0.320 e. The molecule has 0 saturated heterocycles. The minimum atomic E-state index is -1.07. The molecule has 2 heterocycles. The van der Waals surface area contributed by atoms with Gasteiger partial charge in [0.2, 0.25) is 0 Å². The van der Waals surface area contributed by atoms with Gasteiger partial charge in [0.15, 0.2) is 11.4 Å². The molecule has 1 atom stereocenters. The number of nitrogens with two attached hydrogens (primary N) is 1. The van der Waals surface area contributed by atoms with E-state index in [0.29, 0.717) is 41.2 Å². The van der Waals surface area contributed by atoms with E-state index in [0.717, 1.165) is 6.42 Å². The van der Waals surface area contributed by atoms with Gasteiger partial charge in [-0.25, -0.2) is 4.98 Å². The molecule has 26 heavy (non-hydrogen) atoms. The Labute approximate surface area is 149 Å². The molecule has 8 nitrogen and oxygen atoms in total. The molecule has 0 spiro atoms. The van der Waals surface area contributed by atoms with Crippen LogP contribution in [0.2, 0.25) is 0 Å². The molecule has 1 aromatic carbocycles. The monoisotopic (exact) mass is 356 g/mol. The second kappa shape index (κ2) is 7.83. The topological polar surface area (TPSA) is 134 Å². The van der Waals surface area contributed by atoms with Crippen LogP contribution in [0.1, 0.15) is 17.7 Å². The highest BCUT2D eigenvalue weighted by molar-refractivity contribution is 5.78. The summed E-state index contributed by atoms with van der Waals surface area (Å²) in [4.78, 5) is 30.2. The zero-order valence-electron chi connectivity index (χ0n) is 14.1. The van der Waals surface area contributed by atoms with Gasteiger partial charge in [-0.1, -0.05) is 6.07 Å². The van der Waals surface area contributed by atoms with Crippen LogP contribution in [0.25, 0.3) is 11.0 Å². The number of hydrogen-bond acceptors (Lipinski definition) is 6. The standard InChI is InChI=1S/C18H20N4O4/c19-14(17(24)25)9-11-3-4-16-13(8-11)15(23)10-12(26-16)2-1-5-20-18-21-6-7-22-18/h3-4,6-8,10,14H,1-2,5,9,19H2,(H,24,25)(H2,20,21,22). The fraction of sp³-hybridized carbons (Fsp3) is 0.278. The summed E-state index contributed by atoms with van der Waals surface area (Å²) in [5, 5.41) is 12.5. The van der Waals surface area contributed by atoms with Crippen LogP contribution in [0.3, 0.4) is 0 Å². The maximum Gasteiger partial charge on any atom is 0.320 e. The number of imidazole rings is 1. The van der Waals surface area contributed by atoms with Crippen molar-refractivity contribution in [2.24, 2.45) is 5.73 Å². The summed E-state index contributed by atoms with van der Waals surface area (Å²) >= 11 is 0. The third-order valence-corrected chi connectivity index (χ3v) is 4.01. The zero-order valence-corrected chi connectivity index (χ0v) is 14.1. The van der Waals surface area contributed by atoms with Gasteiger partial charge in [-0.05, 0) is 30.5 Å². The average molecular weight is 356 g/mol. The second-order valence-electron chi connectivity index (χ2n) is 6.02. The minimum absolute atomic E-state index is 0.147. The van der Waals surface area contributed by atoms with Crippen LogP contribution in [-0.2, 0) is 17.6 Å². The predicted molar refractivity (Wildman–Crippen MR) is 97.2 cm³/mol. The molecule has 2 aromatic heterocycles.